The van der Waals surface area contributed by atoms with E-state index in [1.165, 1.54) is 83.6 Å². The Hall–Kier alpha value is -0.0800. The van der Waals surface area contributed by atoms with Crippen molar-refractivity contribution in [2.75, 3.05) is 13.2 Å². The molecule has 0 aromatic heterocycles. The molecule has 3 aliphatic carbocycles. The maximum atomic E-state index is 6.48. The third kappa shape index (κ3) is 3.47. The molecule has 21 heavy (non-hydrogen) atoms. The number of nitrogens with one attached hydrogen (secondary N) is 1. The van der Waals surface area contributed by atoms with Crippen LogP contribution < -0.4 is 5.32 Å². The Labute approximate surface area is 131 Å². The van der Waals surface area contributed by atoms with Crippen LogP contribution in [0, 0.1) is 11.3 Å². The summed E-state index contributed by atoms with van der Waals surface area (Å²) in [5.74, 6) is 0.863. The zero-order chi connectivity index (χ0) is 14.5. The summed E-state index contributed by atoms with van der Waals surface area (Å²) >= 11 is 0. The van der Waals surface area contributed by atoms with Crippen LogP contribution in [0.3, 0.4) is 0 Å². The van der Waals surface area contributed by atoms with E-state index in [4.69, 9.17) is 4.74 Å². The molecule has 3 rings (SSSR count). The molecule has 0 amide bonds. The van der Waals surface area contributed by atoms with E-state index >= 15 is 0 Å². The fourth-order valence-corrected chi connectivity index (χ4v) is 5.07. The number of rotatable bonds is 6. The average Bonchev–Trinajstić information content (AvgIpc) is 2.55. The number of hydrogen-bond donors (Lipinski definition) is 1. The lowest BCUT2D eigenvalue weighted by atomic mass is 9.55. The monoisotopic (exact) mass is 293 g/mol. The third-order valence-corrected chi connectivity index (χ3v) is 6.47. The summed E-state index contributed by atoms with van der Waals surface area (Å²) in [5, 5.41) is 3.82. The second-order valence-corrected chi connectivity index (χ2v) is 7.86. The summed E-state index contributed by atoms with van der Waals surface area (Å²) in [6.07, 6.45) is 17.3. The van der Waals surface area contributed by atoms with Gasteiger partial charge < -0.3 is 10.1 Å². The highest BCUT2D eigenvalue weighted by molar-refractivity contribution is 5.08. The summed E-state index contributed by atoms with van der Waals surface area (Å²) in [7, 11) is 0. The second-order valence-electron chi connectivity index (χ2n) is 7.86. The molecular weight excluding hydrogens is 258 g/mol. The van der Waals surface area contributed by atoms with E-state index in [9.17, 15) is 0 Å². The molecule has 122 valence electrons. The SMILES string of the molecule is CCCNC1CC(OCC2CCCCC2)C12CCCCC2. The Morgan fingerprint density at radius 3 is 2.43 bits per heavy atom. The Morgan fingerprint density at radius 2 is 1.71 bits per heavy atom. The van der Waals surface area contributed by atoms with Crippen molar-refractivity contribution in [3.05, 3.63) is 0 Å². The van der Waals surface area contributed by atoms with Gasteiger partial charge in [0.2, 0.25) is 0 Å². The molecule has 0 saturated heterocycles. The van der Waals surface area contributed by atoms with Crippen molar-refractivity contribution < 1.29 is 4.74 Å². The van der Waals surface area contributed by atoms with Crippen LogP contribution in [0.25, 0.3) is 0 Å². The number of hydrogen-bond acceptors (Lipinski definition) is 2. The minimum atomic E-state index is 0.502. The molecule has 0 aromatic carbocycles. The standard InChI is InChI=1S/C19H35NO/c1-2-13-20-17-14-18(19(17)11-7-4-8-12-19)21-15-16-9-5-3-6-10-16/h16-18,20H,2-15H2,1H3. The molecule has 0 bridgehead atoms. The molecule has 0 aliphatic heterocycles. The molecule has 0 radical (unpaired) electrons. The highest BCUT2D eigenvalue weighted by Gasteiger charge is 2.55. The Balaban J connectivity index is 1.51. The summed E-state index contributed by atoms with van der Waals surface area (Å²) in [6.45, 7) is 4.50. The van der Waals surface area contributed by atoms with E-state index in [1.807, 2.05) is 0 Å². The lowest BCUT2D eigenvalue weighted by molar-refractivity contribution is -0.160. The number of ether oxygens (including phenoxy) is 1. The molecule has 1 N–H and O–H groups in total. The molecule has 0 heterocycles. The fourth-order valence-electron chi connectivity index (χ4n) is 5.07. The predicted octanol–water partition coefficient (Wildman–Crippen LogP) is 4.67. The van der Waals surface area contributed by atoms with Gasteiger partial charge in [-0.3, -0.25) is 0 Å². The first kappa shape index (κ1) is 15.8. The van der Waals surface area contributed by atoms with Gasteiger partial charge in [0.25, 0.3) is 0 Å². The van der Waals surface area contributed by atoms with Crippen LogP contribution in [-0.4, -0.2) is 25.3 Å². The lowest BCUT2D eigenvalue weighted by Crippen LogP contribution is -2.64. The molecule has 2 nitrogen and oxygen atoms in total. The van der Waals surface area contributed by atoms with Crippen LogP contribution in [0.5, 0.6) is 0 Å². The van der Waals surface area contributed by atoms with Crippen molar-refractivity contribution in [1.82, 2.24) is 5.32 Å². The normalized spacial score (nSPS) is 33.0. The van der Waals surface area contributed by atoms with E-state index in [1.54, 1.807) is 0 Å². The zero-order valence-corrected chi connectivity index (χ0v) is 14.0. The van der Waals surface area contributed by atoms with E-state index in [2.05, 4.69) is 12.2 Å². The van der Waals surface area contributed by atoms with E-state index < -0.39 is 0 Å². The smallest absolute Gasteiger partial charge is 0.0661 e. The van der Waals surface area contributed by atoms with E-state index in [0.29, 0.717) is 11.5 Å². The molecular formula is C19H35NO. The highest BCUT2D eigenvalue weighted by atomic mass is 16.5. The molecule has 1 spiro atoms. The van der Waals surface area contributed by atoms with E-state index in [0.717, 1.165) is 18.6 Å². The van der Waals surface area contributed by atoms with Crippen LogP contribution in [0.1, 0.15) is 84.0 Å². The quantitative estimate of drug-likeness (QED) is 0.768. The van der Waals surface area contributed by atoms with Crippen molar-refractivity contribution >= 4 is 0 Å². The summed E-state index contributed by atoms with van der Waals surface area (Å²) in [6, 6.07) is 0.745. The van der Waals surface area contributed by atoms with Crippen molar-refractivity contribution in [1.29, 1.82) is 0 Å². The average molecular weight is 293 g/mol. The van der Waals surface area contributed by atoms with Gasteiger partial charge >= 0.3 is 0 Å². The Bertz CT molecular complexity index is 305. The molecule has 0 aromatic rings. The maximum Gasteiger partial charge on any atom is 0.0661 e. The van der Waals surface area contributed by atoms with Gasteiger partial charge in [0.05, 0.1) is 6.10 Å². The van der Waals surface area contributed by atoms with Gasteiger partial charge in [-0.2, -0.15) is 0 Å². The van der Waals surface area contributed by atoms with Gasteiger partial charge in [0.15, 0.2) is 0 Å². The molecule has 2 atom stereocenters. The van der Waals surface area contributed by atoms with Crippen molar-refractivity contribution in [2.24, 2.45) is 11.3 Å². The predicted molar refractivity (Wildman–Crippen MR) is 88.5 cm³/mol. The van der Waals surface area contributed by atoms with Gasteiger partial charge in [0, 0.05) is 18.1 Å². The zero-order valence-electron chi connectivity index (χ0n) is 14.0. The molecule has 3 aliphatic rings. The molecule has 2 heteroatoms. The first-order chi connectivity index (χ1) is 10.3. The fraction of sp³-hybridized carbons (Fsp3) is 1.00. The van der Waals surface area contributed by atoms with Crippen molar-refractivity contribution in [2.45, 2.75) is 96.1 Å². The summed E-state index contributed by atoms with van der Waals surface area (Å²) in [4.78, 5) is 0. The maximum absolute atomic E-state index is 6.48. The first-order valence-electron chi connectivity index (χ1n) is 9.70. The van der Waals surface area contributed by atoms with Crippen LogP contribution in [0.2, 0.25) is 0 Å². The largest absolute Gasteiger partial charge is 0.377 e. The Morgan fingerprint density at radius 1 is 1.00 bits per heavy atom. The van der Waals surface area contributed by atoms with Gasteiger partial charge in [-0.05, 0) is 51.0 Å². The van der Waals surface area contributed by atoms with Crippen LogP contribution >= 0.6 is 0 Å². The van der Waals surface area contributed by atoms with Crippen molar-refractivity contribution in [3.63, 3.8) is 0 Å². The van der Waals surface area contributed by atoms with Gasteiger partial charge in [0.1, 0.15) is 0 Å². The lowest BCUT2D eigenvalue weighted by Gasteiger charge is -2.58. The van der Waals surface area contributed by atoms with Gasteiger partial charge in [-0.1, -0.05) is 45.4 Å². The topological polar surface area (TPSA) is 21.3 Å². The highest BCUT2D eigenvalue weighted by Crippen LogP contribution is 2.53. The molecule has 3 saturated carbocycles. The minimum Gasteiger partial charge on any atom is -0.377 e. The minimum absolute atomic E-state index is 0.502. The summed E-state index contributed by atoms with van der Waals surface area (Å²) in [5.41, 5.74) is 0.502. The summed E-state index contributed by atoms with van der Waals surface area (Å²) < 4.78 is 6.48. The first-order valence-corrected chi connectivity index (χ1v) is 9.70. The van der Waals surface area contributed by atoms with Crippen LogP contribution in [-0.2, 0) is 4.74 Å². The molecule has 3 fully saturated rings. The van der Waals surface area contributed by atoms with Crippen LogP contribution in [0.4, 0.5) is 0 Å². The second kappa shape index (κ2) is 7.46. The Kier molecular flexibility index (Phi) is 5.61. The van der Waals surface area contributed by atoms with Gasteiger partial charge in [-0.25, -0.2) is 0 Å². The van der Waals surface area contributed by atoms with Crippen LogP contribution in [0.15, 0.2) is 0 Å². The third-order valence-electron chi connectivity index (χ3n) is 6.47. The van der Waals surface area contributed by atoms with E-state index in [-0.39, 0.29) is 0 Å². The molecule has 2 unspecified atom stereocenters. The van der Waals surface area contributed by atoms with Gasteiger partial charge in [-0.15, -0.1) is 0 Å². The van der Waals surface area contributed by atoms with Crippen molar-refractivity contribution in [3.8, 4) is 0 Å².